The SMILES string of the molecule is O=C1CC[C@@H]2C(=O)NC[C@@H]2N1. The monoisotopic (exact) mass is 154 g/mol. The van der Waals surface area contributed by atoms with Gasteiger partial charge in [-0.3, -0.25) is 9.59 Å². The van der Waals surface area contributed by atoms with Crippen LogP contribution in [-0.2, 0) is 9.59 Å². The average molecular weight is 154 g/mol. The van der Waals surface area contributed by atoms with Gasteiger partial charge in [-0.1, -0.05) is 0 Å². The van der Waals surface area contributed by atoms with Gasteiger partial charge in [0.2, 0.25) is 11.8 Å². The van der Waals surface area contributed by atoms with E-state index in [0.717, 1.165) is 0 Å². The summed E-state index contributed by atoms with van der Waals surface area (Å²) in [6.45, 7) is 0.606. The van der Waals surface area contributed by atoms with E-state index in [4.69, 9.17) is 0 Å². The molecule has 2 aliphatic rings. The normalized spacial score (nSPS) is 36.0. The number of nitrogens with one attached hydrogen (secondary N) is 2. The molecule has 4 heteroatoms. The molecule has 0 unspecified atom stereocenters. The number of rotatable bonds is 0. The second-order valence-corrected chi connectivity index (χ2v) is 3.06. The van der Waals surface area contributed by atoms with Crippen LogP contribution in [0.25, 0.3) is 0 Å². The first kappa shape index (κ1) is 6.64. The quantitative estimate of drug-likeness (QED) is 0.470. The highest BCUT2D eigenvalue weighted by Gasteiger charge is 2.38. The van der Waals surface area contributed by atoms with Gasteiger partial charge in [0.15, 0.2) is 0 Å². The molecular weight excluding hydrogens is 144 g/mol. The molecule has 2 aliphatic heterocycles. The van der Waals surface area contributed by atoms with Crippen LogP contribution < -0.4 is 10.6 Å². The first-order chi connectivity index (χ1) is 5.27. The third-order valence-corrected chi connectivity index (χ3v) is 2.35. The van der Waals surface area contributed by atoms with Crippen LogP contribution in [0.4, 0.5) is 0 Å². The molecule has 11 heavy (non-hydrogen) atoms. The Balaban J connectivity index is 2.11. The molecule has 2 saturated heterocycles. The lowest BCUT2D eigenvalue weighted by Gasteiger charge is -2.22. The molecule has 4 nitrogen and oxygen atoms in total. The maximum atomic E-state index is 11.1. The second kappa shape index (κ2) is 2.22. The van der Waals surface area contributed by atoms with Crippen molar-refractivity contribution in [1.82, 2.24) is 10.6 Å². The standard InChI is InChI=1S/C7H10N2O2/c10-6-2-1-4-5(9-6)3-8-7(4)11/h4-5H,1-3H2,(H,8,11)(H,9,10)/t4-,5-/m0/s1. The second-order valence-electron chi connectivity index (χ2n) is 3.06. The number of hydrogen-bond donors (Lipinski definition) is 2. The first-order valence-electron chi connectivity index (χ1n) is 3.84. The van der Waals surface area contributed by atoms with Gasteiger partial charge in [0.25, 0.3) is 0 Å². The van der Waals surface area contributed by atoms with Gasteiger partial charge in [-0.2, -0.15) is 0 Å². The van der Waals surface area contributed by atoms with Gasteiger partial charge in [-0.15, -0.1) is 0 Å². The zero-order valence-corrected chi connectivity index (χ0v) is 6.09. The number of hydrogen-bond acceptors (Lipinski definition) is 2. The maximum absolute atomic E-state index is 11.1. The highest BCUT2D eigenvalue weighted by Crippen LogP contribution is 2.20. The third kappa shape index (κ3) is 0.982. The Hall–Kier alpha value is -1.06. The van der Waals surface area contributed by atoms with Gasteiger partial charge < -0.3 is 10.6 Å². The molecule has 60 valence electrons. The van der Waals surface area contributed by atoms with E-state index in [1.165, 1.54) is 0 Å². The first-order valence-corrected chi connectivity index (χ1v) is 3.84. The minimum absolute atomic E-state index is 0.0349. The number of fused-ring (bicyclic) bond motifs is 1. The highest BCUT2D eigenvalue weighted by molar-refractivity contribution is 5.86. The Labute approximate surface area is 64.3 Å². The minimum Gasteiger partial charge on any atom is -0.354 e. The number of carbonyl (C=O) groups is 2. The lowest BCUT2D eigenvalue weighted by atomic mass is 9.93. The van der Waals surface area contributed by atoms with E-state index in [2.05, 4.69) is 10.6 Å². The molecule has 2 heterocycles. The zero-order chi connectivity index (χ0) is 7.84. The number of carbonyl (C=O) groups excluding carboxylic acids is 2. The lowest BCUT2D eigenvalue weighted by molar-refractivity contribution is -0.127. The van der Waals surface area contributed by atoms with Crippen molar-refractivity contribution in [2.45, 2.75) is 18.9 Å². The summed E-state index contributed by atoms with van der Waals surface area (Å²) >= 11 is 0. The molecule has 0 radical (unpaired) electrons. The van der Waals surface area contributed by atoms with Crippen LogP contribution in [0.3, 0.4) is 0 Å². The van der Waals surface area contributed by atoms with Gasteiger partial charge in [-0.25, -0.2) is 0 Å². The molecule has 2 amide bonds. The molecular formula is C7H10N2O2. The molecule has 0 spiro atoms. The van der Waals surface area contributed by atoms with Crippen molar-refractivity contribution in [2.75, 3.05) is 6.54 Å². The molecule has 0 aliphatic carbocycles. The van der Waals surface area contributed by atoms with Crippen LogP contribution in [0.1, 0.15) is 12.8 Å². The smallest absolute Gasteiger partial charge is 0.225 e. The summed E-state index contributed by atoms with van der Waals surface area (Å²) in [4.78, 5) is 21.9. The molecule has 2 atom stereocenters. The van der Waals surface area contributed by atoms with E-state index in [9.17, 15) is 9.59 Å². The summed E-state index contributed by atoms with van der Waals surface area (Å²) in [6, 6.07) is 0.0590. The number of amides is 2. The maximum Gasteiger partial charge on any atom is 0.225 e. The van der Waals surface area contributed by atoms with Crippen molar-refractivity contribution in [3.63, 3.8) is 0 Å². The van der Waals surface area contributed by atoms with Crippen LogP contribution >= 0.6 is 0 Å². The Morgan fingerprint density at radius 3 is 3.00 bits per heavy atom. The summed E-state index contributed by atoms with van der Waals surface area (Å²) in [5, 5.41) is 5.51. The Kier molecular flexibility index (Phi) is 1.34. The molecule has 2 fully saturated rings. The average Bonchev–Trinajstić information content (AvgIpc) is 2.32. The van der Waals surface area contributed by atoms with E-state index in [-0.39, 0.29) is 23.8 Å². The van der Waals surface area contributed by atoms with E-state index < -0.39 is 0 Å². The highest BCUT2D eigenvalue weighted by atomic mass is 16.2. The molecule has 2 N–H and O–H groups in total. The van der Waals surface area contributed by atoms with E-state index in [0.29, 0.717) is 19.4 Å². The van der Waals surface area contributed by atoms with Crippen molar-refractivity contribution >= 4 is 11.8 Å². The Bertz CT molecular complexity index is 214. The van der Waals surface area contributed by atoms with Crippen LogP contribution in [-0.4, -0.2) is 24.4 Å². The summed E-state index contributed by atoms with van der Waals surface area (Å²) in [5.41, 5.74) is 0. The van der Waals surface area contributed by atoms with Crippen molar-refractivity contribution < 1.29 is 9.59 Å². The van der Waals surface area contributed by atoms with Gasteiger partial charge in [0.1, 0.15) is 0 Å². The van der Waals surface area contributed by atoms with Crippen LogP contribution in [0.5, 0.6) is 0 Å². The van der Waals surface area contributed by atoms with Crippen LogP contribution in [0, 0.1) is 5.92 Å². The van der Waals surface area contributed by atoms with Crippen molar-refractivity contribution in [3.05, 3.63) is 0 Å². The Morgan fingerprint density at radius 2 is 2.18 bits per heavy atom. The van der Waals surface area contributed by atoms with E-state index in [1.54, 1.807) is 0 Å². The predicted molar refractivity (Wildman–Crippen MR) is 37.7 cm³/mol. The van der Waals surface area contributed by atoms with Crippen molar-refractivity contribution in [1.29, 1.82) is 0 Å². The lowest BCUT2D eigenvalue weighted by Crippen LogP contribution is -2.44. The van der Waals surface area contributed by atoms with E-state index in [1.807, 2.05) is 0 Å². The number of piperidine rings is 1. The van der Waals surface area contributed by atoms with Crippen LogP contribution in [0.15, 0.2) is 0 Å². The van der Waals surface area contributed by atoms with Gasteiger partial charge >= 0.3 is 0 Å². The zero-order valence-electron chi connectivity index (χ0n) is 6.09. The van der Waals surface area contributed by atoms with Gasteiger partial charge in [0, 0.05) is 13.0 Å². The fraction of sp³-hybridized carbons (Fsp3) is 0.714. The Morgan fingerprint density at radius 1 is 1.36 bits per heavy atom. The molecule has 0 aromatic carbocycles. The largest absolute Gasteiger partial charge is 0.354 e. The van der Waals surface area contributed by atoms with E-state index >= 15 is 0 Å². The van der Waals surface area contributed by atoms with Crippen molar-refractivity contribution in [2.24, 2.45) is 5.92 Å². The summed E-state index contributed by atoms with van der Waals surface area (Å²) < 4.78 is 0. The molecule has 0 saturated carbocycles. The molecule has 0 bridgehead atoms. The summed E-state index contributed by atoms with van der Waals surface area (Å²) in [5.74, 6) is 0.199. The summed E-state index contributed by atoms with van der Waals surface area (Å²) in [7, 11) is 0. The van der Waals surface area contributed by atoms with Gasteiger partial charge in [0.05, 0.1) is 12.0 Å². The molecule has 0 aromatic heterocycles. The summed E-state index contributed by atoms with van der Waals surface area (Å²) in [6.07, 6.45) is 1.21. The predicted octanol–water partition coefficient (Wildman–Crippen LogP) is -0.989. The van der Waals surface area contributed by atoms with Crippen molar-refractivity contribution in [3.8, 4) is 0 Å². The third-order valence-electron chi connectivity index (χ3n) is 2.35. The van der Waals surface area contributed by atoms with Crippen LogP contribution in [0.2, 0.25) is 0 Å². The van der Waals surface area contributed by atoms with Gasteiger partial charge in [-0.05, 0) is 6.42 Å². The molecule has 0 aromatic rings. The fourth-order valence-electron chi connectivity index (χ4n) is 1.72. The minimum atomic E-state index is 0.0349. The fourth-order valence-corrected chi connectivity index (χ4v) is 1.72. The molecule has 2 rings (SSSR count). The topological polar surface area (TPSA) is 58.2 Å².